The van der Waals surface area contributed by atoms with Crippen molar-refractivity contribution >= 4 is 23.6 Å². The van der Waals surface area contributed by atoms with E-state index in [9.17, 15) is 19.2 Å². The van der Waals surface area contributed by atoms with Crippen LogP contribution in [0.4, 0.5) is 0 Å². The van der Waals surface area contributed by atoms with Crippen molar-refractivity contribution in [2.24, 2.45) is 5.92 Å². The van der Waals surface area contributed by atoms with E-state index < -0.39 is 29.8 Å². The van der Waals surface area contributed by atoms with Crippen LogP contribution in [0, 0.1) is 5.92 Å². The molecule has 4 amide bonds. The van der Waals surface area contributed by atoms with Crippen LogP contribution in [0.1, 0.15) is 73.9 Å². The van der Waals surface area contributed by atoms with E-state index in [0.29, 0.717) is 25.1 Å². The van der Waals surface area contributed by atoms with Crippen molar-refractivity contribution in [3.63, 3.8) is 0 Å². The normalized spacial score (nSPS) is 20.9. The molecule has 0 saturated carbocycles. The molecule has 1 fully saturated rings. The molecule has 2 aliphatic heterocycles. The van der Waals surface area contributed by atoms with Crippen LogP contribution in [0.2, 0.25) is 0 Å². The smallest absolute Gasteiger partial charge is 0.255 e. The first-order valence-electron chi connectivity index (χ1n) is 15.5. The molecule has 0 unspecified atom stereocenters. The Morgan fingerprint density at radius 1 is 0.953 bits per heavy atom. The van der Waals surface area contributed by atoms with Crippen LogP contribution in [0.3, 0.4) is 0 Å². The highest BCUT2D eigenvalue weighted by Gasteiger charge is 2.28. The Bertz CT molecular complexity index is 1240. The molecule has 2 aromatic rings. The Morgan fingerprint density at radius 3 is 2.42 bits per heavy atom. The summed E-state index contributed by atoms with van der Waals surface area (Å²) in [6.45, 7) is 7.99. The van der Waals surface area contributed by atoms with E-state index in [1.54, 1.807) is 24.3 Å². The molecule has 0 aromatic heterocycles. The van der Waals surface area contributed by atoms with Crippen molar-refractivity contribution in [3.8, 4) is 5.75 Å². The number of amides is 4. The predicted molar refractivity (Wildman–Crippen MR) is 164 cm³/mol. The van der Waals surface area contributed by atoms with Crippen LogP contribution in [0.5, 0.6) is 5.75 Å². The Labute approximate surface area is 254 Å². The molecule has 43 heavy (non-hydrogen) atoms. The number of piperidine rings is 1. The fourth-order valence-corrected chi connectivity index (χ4v) is 5.41. The highest BCUT2D eigenvalue weighted by molar-refractivity contribution is 6.01. The van der Waals surface area contributed by atoms with E-state index in [2.05, 4.69) is 38.3 Å². The van der Waals surface area contributed by atoms with Gasteiger partial charge >= 0.3 is 0 Å². The zero-order valence-electron chi connectivity index (χ0n) is 25.3. The number of nitrogens with one attached hydrogen (secondary N) is 4. The molecular formula is C33H45N5O5. The summed E-state index contributed by atoms with van der Waals surface area (Å²) in [5.41, 5.74) is 2.40. The average molecular weight is 592 g/mol. The van der Waals surface area contributed by atoms with Crippen molar-refractivity contribution in [3.05, 3.63) is 65.2 Å². The number of hydrogen-bond acceptors (Lipinski definition) is 6. The van der Waals surface area contributed by atoms with E-state index in [1.807, 2.05) is 26.0 Å². The van der Waals surface area contributed by atoms with Crippen molar-refractivity contribution in [1.29, 1.82) is 0 Å². The summed E-state index contributed by atoms with van der Waals surface area (Å²) in [5, 5.41) is 11.3. The molecule has 4 rings (SSSR count). The number of ether oxygens (including phenoxy) is 1. The van der Waals surface area contributed by atoms with Gasteiger partial charge in [-0.25, -0.2) is 0 Å². The Balaban J connectivity index is 1.46. The maximum absolute atomic E-state index is 13.4. The van der Waals surface area contributed by atoms with Crippen LogP contribution in [-0.4, -0.2) is 66.9 Å². The second-order valence-electron chi connectivity index (χ2n) is 11.8. The molecular weight excluding hydrogens is 546 g/mol. The van der Waals surface area contributed by atoms with Gasteiger partial charge in [-0.2, -0.15) is 0 Å². The molecule has 2 aromatic carbocycles. The van der Waals surface area contributed by atoms with Crippen molar-refractivity contribution in [1.82, 2.24) is 26.2 Å². The second-order valence-corrected chi connectivity index (χ2v) is 11.8. The summed E-state index contributed by atoms with van der Waals surface area (Å²) >= 11 is 0. The quantitative estimate of drug-likeness (QED) is 0.392. The minimum Gasteiger partial charge on any atom is -0.493 e. The fraction of sp³-hybridized carbons (Fsp3) is 0.515. The van der Waals surface area contributed by atoms with Crippen LogP contribution in [0.15, 0.2) is 48.5 Å². The molecule has 10 heteroatoms. The van der Waals surface area contributed by atoms with Crippen LogP contribution in [-0.2, 0) is 27.5 Å². The molecule has 0 radical (unpaired) electrons. The Morgan fingerprint density at radius 2 is 1.67 bits per heavy atom. The maximum atomic E-state index is 13.4. The number of rotatable bonds is 7. The summed E-state index contributed by atoms with van der Waals surface area (Å²) in [6.07, 6.45) is 4.42. The number of benzene rings is 2. The van der Waals surface area contributed by atoms with Gasteiger partial charge in [0.05, 0.1) is 18.6 Å². The lowest BCUT2D eigenvalue weighted by molar-refractivity contribution is -0.131. The van der Waals surface area contributed by atoms with E-state index in [-0.39, 0.29) is 37.0 Å². The number of carbonyl (C=O) groups is 4. The van der Waals surface area contributed by atoms with Gasteiger partial charge in [0.2, 0.25) is 17.7 Å². The first-order valence-corrected chi connectivity index (χ1v) is 15.5. The number of carbonyl (C=O) groups excluding carboxylic acids is 4. The Hall–Kier alpha value is -3.92. The molecule has 2 aliphatic rings. The molecule has 10 nitrogen and oxygen atoms in total. The zero-order valence-corrected chi connectivity index (χ0v) is 25.3. The Kier molecular flexibility index (Phi) is 12.0. The number of hydrogen-bond donors (Lipinski definition) is 4. The number of nitrogens with zero attached hydrogens (tertiary/aromatic N) is 1. The SMILES string of the molecule is CC(C)C[C@@H]1NC(=O)C[C@@H](C(=O)NCc2ccc(CN3CCCCC3)cc2)NC(=O)c2ccccc2OCCCNC1=O. The summed E-state index contributed by atoms with van der Waals surface area (Å²) < 4.78 is 5.84. The molecule has 2 heterocycles. The highest BCUT2D eigenvalue weighted by Crippen LogP contribution is 2.19. The van der Waals surface area contributed by atoms with Gasteiger partial charge in [-0.3, -0.25) is 24.1 Å². The van der Waals surface area contributed by atoms with Crippen LogP contribution >= 0.6 is 0 Å². The lowest BCUT2D eigenvalue weighted by Gasteiger charge is -2.26. The van der Waals surface area contributed by atoms with Crippen molar-refractivity contribution < 1.29 is 23.9 Å². The first-order chi connectivity index (χ1) is 20.8. The topological polar surface area (TPSA) is 129 Å². The number of likely N-dealkylation sites (tertiary alicyclic amines) is 1. The highest BCUT2D eigenvalue weighted by atomic mass is 16.5. The van der Waals surface area contributed by atoms with E-state index in [4.69, 9.17) is 4.74 Å². The second kappa shape index (κ2) is 16.1. The largest absolute Gasteiger partial charge is 0.493 e. The molecule has 0 bridgehead atoms. The van der Waals surface area contributed by atoms with Gasteiger partial charge < -0.3 is 26.0 Å². The third kappa shape index (κ3) is 10.1. The lowest BCUT2D eigenvalue weighted by atomic mass is 10.0. The predicted octanol–water partition coefficient (Wildman–Crippen LogP) is 2.91. The van der Waals surface area contributed by atoms with Gasteiger partial charge in [0, 0.05) is 19.6 Å². The van der Waals surface area contributed by atoms with Gasteiger partial charge in [-0.05, 0) is 68.0 Å². The minimum absolute atomic E-state index is 0.154. The fourth-order valence-electron chi connectivity index (χ4n) is 5.41. The molecule has 2 atom stereocenters. The number of fused-ring (bicyclic) bond motifs is 1. The first kappa shape index (κ1) is 32.0. The number of para-hydroxylation sites is 1. The van der Waals surface area contributed by atoms with Crippen LogP contribution in [0.25, 0.3) is 0 Å². The van der Waals surface area contributed by atoms with Crippen molar-refractivity contribution in [2.75, 3.05) is 26.2 Å². The minimum atomic E-state index is -1.16. The lowest BCUT2D eigenvalue weighted by Crippen LogP contribution is -2.52. The van der Waals surface area contributed by atoms with Gasteiger partial charge in [0.1, 0.15) is 17.8 Å². The maximum Gasteiger partial charge on any atom is 0.255 e. The van der Waals surface area contributed by atoms with E-state index in [0.717, 1.165) is 25.2 Å². The van der Waals surface area contributed by atoms with Gasteiger partial charge in [0.15, 0.2) is 0 Å². The average Bonchev–Trinajstić information content (AvgIpc) is 3.00. The molecule has 0 aliphatic carbocycles. The van der Waals surface area contributed by atoms with Gasteiger partial charge in [0.25, 0.3) is 5.91 Å². The summed E-state index contributed by atoms with van der Waals surface area (Å²) in [7, 11) is 0. The third-order valence-electron chi connectivity index (χ3n) is 7.72. The molecule has 4 N–H and O–H groups in total. The summed E-state index contributed by atoms with van der Waals surface area (Å²) in [5.74, 6) is -1.27. The third-order valence-corrected chi connectivity index (χ3v) is 7.72. The van der Waals surface area contributed by atoms with Gasteiger partial charge in [-0.15, -0.1) is 0 Å². The molecule has 1 saturated heterocycles. The van der Waals surface area contributed by atoms with Crippen molar-refractivity contribution in [2.45, 2.75) is 77.5 Å². The molecule has 232 valence electrons. The summed E-state index contributed by atoms with van der Waals surface area (Å²) in [4.78, 5) is 55.2. The van der Waals surface area contributed by atoms with E-state index in [1.165, 1.54) is 24.8 Å². The summed E-state index contributed by atoms with van der Waals surface area (Å²) in [6, 6.07) is 13.0. The van der Waals surface area contributed by atoms with Gasteiger partial charge in [-0.1, -0.05) is 56.7 Å². The molecule has 0 spiro atoms. The standard InChI is InChI=1S/C33H45N5O5/c1-23(2)19-27-32(41)34-15-8-18-43-29-10-5-4-9-26(29)31(40)37-28(20-30(39)36-27)33(42)35-21-24-11-13-25(14-12-24)22-38-16-6-3-7-17-38/h4-5,9-14,23,27-28H,3,6-8,15-22H2,1-2H3,(H,34,41)(H,35,42)(H,36,39)(H,37,40)/t27-,28-/m0/s1. The monoisotopic (exact) mass is 591 g/mol. The van der Waals surface area contributed by atoms with Crippen LogP contribution < -0.4 is 26.0 Å². The van der Waals surface area contributed by atoms with E-state index >= 15 is 0 Å². The zero-order chi connectivity index (χ0) is 30.6.